The number of nitro benzene ring substituents is 1. The predicted octanol–water partition coefficient (Wildman–Crippen LogP) is 3.86. The SMILES string of the molecule is COc1ccc(C=O)cc1Oc1ccc(Cl)cc1[N+](=O)[O-]. The van der Waals surface area contributed by atoms with E-state index in [2.05, 4.69) is 0 Å². The smallest absolute Gasteiger partial charge is 0.313 e. The lowest BCUT2D eigenvalue weighted by Gasteiger charge is -2.11. The van der Waals surface area contributed by atoms with Crippen molar-refractivity contribution >= 4 is 23.6 Å². The summed E-state index contributed by atoms with van der Waals surface area (Å²) < 4.78 is 10.6. The van der Waals surface area contributed by atoms with Crippen molar-refractivity contribution in [1.29, 1.82) is 0 Å². The minimum Gasteiger partial charge on any atom is -0.493 e. The maximum atomic E-state index is 11.0. The molecule has 0 atom stereocenters. The second-order valence-corrected chi connectivity index (χ2v) is 4.44. The Kier molecular flexibility index (Phi) is 4.39. The third kappa shape index (κ3) is 3.29. The molecule has 0 radical (unpaired) electrons. The maximum Gasteiger partial charge on any atom is 0.313 e. The Labute approximate surface area is 125 Å². The van der Waals surface area contributed by atoms with Crippen LogP contribution in [0.2, 0.25) is 5.02 Å². The lowest BCUT2D eigenvalue weighted by atomic mass is 10.2. The Bertz CT molecular complexity index is 702. The fourth-order valence-electron chi connectivity index (χ4n) is 1.68. The summed E-state index contributed by atoms with van der Waals surface area (Å²) in [7, 11) is 1.43. The highest BCUT2D eigenvalue weighted by molar-refractivity contribution is 6.30. The van der Waals surface area contributed by atoms with Crippen LogP contribution in [0.4, 0.5) is 5.69 Å². The van der Waals surface area contributed by atoms with Crippen LogP contribution in [0.3, 0.4) is 0 Å². The van der Waals surface area contributed by atoms with Crippen molar-refractivity contribution in [2.45, 2.75) is 0 Å². The highest BCUT2D eigenvalue weighted by Crippen LogP contribution is 2.37. The number of nitrogens with zero attached hydrogens (tertiary/aromatic N) is 1. The van der Waals surface area contributed by atoms with Gasteiger partial charge in [-0.3, -0.25) is 14.9 Å². The minimum absolute atomic E-state index is 0.00532. The van der Waals surface area contributed by atoms with Gasteiger partial charge >= 0.3 is 5.69 Å². The van der Waals surface area contributed by atoms with Crippen molar-refractivity contribution in [3.05, 3.63) is 57.1 Å². The number of ether oxygens (including phenoxy) is 2. The molecule has 0 spiro atoms. The molecule has 108 valence electrons. The van der Waals surface area contributed by atoms with Gasteiger partial charge in [-0.25, -0.2) is 0 Å². The monoisotopic (exact) mass is 307 g/mol. The number of carbonyl (C=O) groups is 1. The molecule has 2 aromatic carbocycles. The highest BCUT2D eigenvalue weighted by Gasteiger charge is 2.18. The van der Waals surface area contributed by atoms with Gasteiger partial charge in [0.15, 0.2) is 11.5 Å². The third-order valence-electron chi connectivity index (χ3n) is 2.66. The molecule has 7 heteroatoms. The van der Waals surface area contributed by atoms with Crippen molar-refractivity contribution in [2.75, 3.05) is 7.11 Å². The molecule has 0 fully saturated rings. The Morgan fingerprint density at radius 3 is 2.48 bits per heavy atom. The predicted molar refractivity (Wildman–Crippen MR) is 76.6 cm³/mol. The van der Waals surface area contributed by atoms with Crippen LogP contribution in [0.1, 0.15) is 10.4 Å². The Morgan fingerprint density at radius 1 is 1.14 bits per heavy atom. The Hall–Kier alpha value is -2.60. The Balaban J connectivity index is 2.46. The van der Waals surface area contributed by atoms with Gasteiger partial charge in [0, 0.05) is 16.7 Å². The molecule has 6 nitrogen and oxygen atoms in total. The van der Waals surface area contributed by atoms with Crippen LogP contribution in [-0.4, -0.2) is 18.3 Å². The van der Waals surface area contributed by atoms with Crippen LogP contribution in [-0.2, 0) is 0 Å². The number of methoxy groups -OCH3 is 1. The molecule has 0 heterocycles. The first-order valence-corrected chi connectivity index (χ1v) is 6.18. The van der Waals surface area contributed by atoms with Crippen molar-refractivity contribution in [1.82, 2.24) is 0 Å². The molecule has 0 aliphatic heterocycles. The van der Waals surface area contributed by atoms with E-state index in [4.69, 9.17) is 21.1 Å². The van der Waals surface area contributed by atoms with Crippen LogP contribution in [0, 0.1) is 10.1 Å². The number of carbonyl (C=O) groups excluding carboxylic acids is 1. The van der Waals surface area contributed by atoms with E-state index in [1.165, 1.54) is 31.4 Å². The summed E-state index contributed by atoms with van der Waals surface area (Å²) in [6.45, 7) is 0. The summed E-state index contributed by atoms with van der Waals surface area (Å²) >= 11 is 5.74. The molecule has 0 unspecified atom stereocenters. The molecule has 0 saturated heterocycles. The lowest BCUT2D eigenvalue weighted by Crippen LogP contribution is -1.96. The first kappa shape index (κ1) is 14.8. The summed E-state index contributed by atoms with van der Waals surface area (Å²) in [6.07, 6.45) is 0.641. The minimum atomic E-state index is -0.600. The fraction of sp³-hybridized carbons (Fsp3) is 0.0714. The molecule has 2 aromatic rings. The average Bonchev–Trinajstić information content (AvgIpc) is 2.48. The molecule has 0 N–H and O–H groups in total. The molecule has 2 rings (SSSR count). The van der Waals surface area contributed by atoms with Gasteiger partial charge < -0.3 is 9.47 Å². The molecule has 0 amide bonds. The van der Waals surface area contributed by atoms with Gasteiger partial charge in [0.05, 0.1) is 12.0 Å². The lowest BCUT2D eigenvalue weighted by molar-refractivity contribution is -0.385. The zero-order valence-corrected chi connectivity index (χ0v) is 11.7. The van der Waals surface area contributed by atoms with E-state index in [0.29, 0.717) is 17.6 Å². The summed E-state index contributed by atoms with van der Waals surface area (Å²) in [5, 5.41) is 11.2. The number of aldehydes is 1. The number of hydrogen-bond acceptors (Lipinski definition) is 5. The van der Waals surface area contributed by atoms with Crippen LogP contribution in [0.15, 0.2) is 36.4 Å². The topological polar surface area (TPSA) is 78.7 Å². The largest absolute Gasteiger partial charge is 0.493 e. The van der Waals surface area contributed by atoms with Gasteiger partial charge in [-0.1, -0.05) is 11.6 Å². The van der Waals surface area contributed by atoms with E-state index in [1.807, 2.05) is 0 Å². The normalized spacial score (nSPS) is 10.0. The number of hydrogen-bond donors (Lipinski definition) is 0. The van der Waals surface area contributed by atoms with Gasteiger partial charge in [0.25, 0.3) is 0 Å². The molecule has 21 heavy (non-hydrogen) atoms. The number of rotatable bonds is 5. The standard InChI is InChI=1S/C14H10ClNO5/c1-20-13-4-2-9(8-17)6-14(13)21-12-5-3-10(15)7-11(12)16(18)19/h2-8H,1H3. The zero-order chi connectivity index (χ0) is 15.4. The van der Waals surface area contributed by atoms with E-state index in [0.717, 1.165) is 0 Å². The number of halogens is 1. The van der Waals surface area contributed by atoms with Crippen LogP contribution in [0.5, 0.6) is 17.2 Å². The molecule has 0 aliphatic carbocycles. The first-order valence-electron chi connectivity index (χ1n) is 5.80. The van der Waals surface area contributed by atoms with E-state index in [9.17, 15) is 14.9 Å². The summed E-state index contributed by atoms with van der Waals surface area (Å²) in [5.41, 5.74) is 0.0866. The number of nitro groups is 1. The summed E-state index contributed by atoms with van der Waals surface area (Å²) in [4.78, 5) is 21.2. The third-order valence-corrected chi connectivity index (χ3v) is 2.90. The van der Waals surface area contributed by atoms with Crippen LogP contribution < -0.4 is 9.47 Å². The zero-order valence-electron chi connectivity index (χ0n) is 10.9. The first-order chi connectivity index (χ1) is 10.0. The molecule has 0 saturated carbocycles. The maximum absolute atomic E-state index is 11.0. The average molecular weight is 308 g/mol. The molecular formula is C14H10ClNO5. The quantitative estimate of drug-likeness (QED) is 0.476. The van der Waals surface area contributed by atoms with Crippen molar-refractivity contribution in [3.63, 3.8) is 0 Å². The highest BCUT2D eigenvalue weighted by atomic mass is 35.5. The van der Waals surface area contributed by atoms with Crippen molar-refractivity contribution < 1.29 is 19.2 Å². The fourth-order valence-corrected chi connectivity index (χ4v) is 1.85. The van der Waals surface area contributed by atoms with Crippen LogP contribution in [0.25, 0.3) is 0 Å². The molecule has 0 aromatic heterocycles. The Morgan fingerprint density at radius 2 is 1.86 bits per heavy atom. The van der Waals surface area contributed by atoms with E-state index < -0.39 is 4.92 Å². The summed E-state index contributed by atoms with van der Waals surface area (Å²) in [6, 6.07) is 8.57. The van der Waals surface area contributed by atoms with Gasteiger partial charge in [-0.15, -0.1) is 0 Å². The second kappa shape index (κ2) is 6.23. The van der Waals surface area contributed by atoms with E-state index in [-0.39, 0.29) is 22.2 Å². The molecule has 0 aliphatic rings. The van der Waals surface area contributed by atoms with E-state index >= 15 is 0 Å². The number of benzene rings is 2. The van der Waals surface area contributed by atoms with Gasteiger partial charge in [-0.2, -0.15) is 0 Å². The second-order valence-electron chi connectivity index (χ2n) is 4.00. The van der Waals surface area contributed by atoms with Gasteiger partial charge in [0.2, 0.25) is 5.75 Å². The van der Waals surface area contributed by atoms with Gasteiger partial charge in [-0.05, 0) is 30.3 Å². The van der Waals surface area contributed by atoms with Gasteiger partial charge in [0.1, 0.15) is 6.29 Å². The van der Waals surface area contributed by atoms with Crippen LogP contribution >= 0.6 is 11.6 Å². The van der Waals surface area contributed by atoms with Crippen molar-refractivity contribution in [3.8, 4) is 17.2 Å². The van der Waals surface area contributed by atoms with Crippen molar-refractivity contribution in [2.24, 2.45) is 0 Å². The van der Waals surface area contributed by atoms with E-state index in [1.54, 1.807) is 12.1 Å². The summed E-state index contributed by atoms with van der Waals surface area (Å²) in [5.74, 6) is 0.558. The molecule has 0 bridgehead atoms. The molecular weight excluding hydrogens is 298 g/mol.